The Morgan fingerprint density at radius 1 is 1.24 bits per heavy atom. The number of halogens is 1. The van der Waals surface area contributed by atoms with Gasteiger partial charge in [0.15, 0.2) is 0 Å². The first kappa shape index (κ1) is 14.7. The Bertz CT molecular complexity index is 237. The zero-order chi connectivity index (χ0) is 11.4. The minimum Gasteiger partial charge on any atom is -0.378 e. The van der Waals surface area contributed by atoms with Gasteiger partial charge in [-0.15, -0.1) is 12.4 Å². The van der Waals surface area contributed by atoms with E-state index in [0.717, 1.165) is 45.1 Å². The average molecular weight is 263 g/mol. The van der Waals surface area contributed by atoms with Crippen LogP contribution in [-0.2, 0) is 9.53 Å². The zero-order valence-corrected chi connectivity index (χ0v) is 11.0. The Kier molecular flexibility index (Phi) is 6.23. The smallest absolute Gasteiger partial charge is 0.222 e. The van der Waals surface area contributed by atoms with E-state index >= 15 is 0 Å². The first-order valence-corrected chi connectivity index (χ1v) is 6.40. The van der Waals surface area contributed by atoms with Gasteiger partial charge in [0.25, 0.3) is 0 Å². The van der Waals surface area contributed by atoms with E-state index in [1.54, 1.807) is 0 Å². The van der Waals surface area contributed by atoms with Crippen molar-refractivity contribution in [1.82, 2.24) is 5.32 Å². The van der Waals surface area contributed by atoms with Crippen molar-refractivity contribution in [2.24, 2.45) is 5.73 Å². The third-order valence-electron chi connectivity index (χ3n) is 3.57. The van der Waals surface area contributed by atoms with E-state index in [-0.39, 0.29) is 24.4 Å². The van der Waals surface area contributed by atoms with Crippen LogP contribution in [0.3, 0.4) is 0 Å². The number of carbonyl (C=O) groups is 1. The Labute approximate surface area is 109 Å². The molecule has 1 aliphatic carbocycles. The molecule has 2 aliphatic rings. The van der Waals surface area contributed by atoms with Crippen molar-refractivity contribution in [3.63, 3.8) is 0 Å². The summed E-state index contributed by atoms with van der Waals surface area (Å²) in [4.78, 5) is 11.7. The van der Waals surface area contributed by atoms with Crippen LogP contribution < -0.4 is 11.1 Å². The van der Waals surface area contributed by atoms with Gasteiger partial charge in [0.05, 0.1) is 12.5 Å². The van der Waals surface area contributed by atoms with Gasteiger partial charge < -0.3 is 15.8 Å². The van der Waals surface area contributed by atoms with Crippen LogP contribution >= 0.6 is 12.4 Å². The van der Waals surface area contributed by atoms with Gasteiger partial charge in [-0.1, -0.05) is 0 Å². The van der Waals surface area contributed by atoms with Crippen LogP contribution in [0, 0.1) is 0 Å². The molecule has 1 unspecified atom stereocenters. The van der Waals surface area contributed by atoms with E-state index in [1.165, 1.54) is 0 Å². The lowest BCUT2D eigenvalue weighted by Crippen LogP contribution is -2.41. The summed E-state index contributed by atoms with van der Waals surface area (Å²) in [6.45, 7) is 0.816. The van der Waals surface area contributed by atoms with Gasteiger partial charge in [0, 0.05) is 18.7 Å². The highest BCUT2D eigenvalue weighted by Gasteiger charge is 2.23. The quantitative estimate of drug-likeness (QED) is 0.807. The second kappa shape index (κ2) is 7.19. The fourth-order valence-electron chi connectivity index (χ4n) is 2.56. The molecule has 1 saturated carbocycles. The number of nitrogens with one attached hydrogen (secondary N) is 1. The molecular weight excluding hydrogens is 240 g/mol. The molecule has 4 nitrogen and oxygen atoms in total. The van der Waals surface area contributed by atoms with Gasteiger partial charge in [-0.2, -0.15) is 0 Å². The van der Waals surface area contributed by atoms with Crippen LogP contribution in [0.4, 0.5) is 0 Å². The zero-order valence-electron chi connectivity index (χ0n) is 10.2. The maximum absolute atomic E-state index is 11.7. The summed E-state index contributed by atoms with van der Waals surface area (Å²) in [5.74, 6) is 0.146. The summed E-state index contributed by atoms with van der Waals surface area (Å²) in [7, 11) is 0. The summed E-state index contributed by atoms with van der Waals surface area (Å²) in [5, 5.41) is 3.09. The highest BCUT2D eigenvalue weighted by atomic mass is 35.5. The van der Waals surface area contributed by atoms with Crippen LogP contribution in [0.5, 0.6) is 0 Å². The van der Waals surface area contributed by atoms with Crippen molar-refractivity contribution >= 4 is 18.3 Å². The van der Waals surface area contributed by atoms with E-state index in [0.29, 0.717) is 18.5 Å². The summed E-state index contributed by atoms with van der Waals surface area (Å²) < 4.78 is 5.45. The van der Waals surface area contributed by atoms with Gasteiger partial charge in [0.1, 0.15) is 0 Å². The predicted octanol–water partition coefficient (Wildman–Crippen LogP) is 1.36. The fourth-order valence-corrected chi connectivity index (χ4v) is 2.56. The van der Waals surface area contributed by atoms with Crippen LogP contribution in [0.15, 0.2) is 0 Å². The van der Waals surface area contributed by atoms with E-state index < -0.39 is 0 Å². The average Bonchev–Trinajstić information content (AvgIpc) is 2.74. The van der Waals surface area contributed by atoms with Crippen LogP contribution in [0.1, 0.15) is 44.9 Å². The molecule has 17 heavy (non-hydrogen) atoms. The van der Waals surface area contributed by atoms with Gasteiger partial charge in [-0.05, 0) is 38.5 Å². The second-order valence-electron chi connectivity index (χ2n) is 5.02. The predicted molar refractivity (Wildman–Crippen MR) is 69.2 cm³/mol. The summed E-state index contributed by atoms with van der Waals surface area (Å²) in [6, 6.07) is 0.681. The van der Waals surface area contributed by atoms with Crippen molar-refractivity contribution in [2.45, 2.75) is 63.1 Å². The fraction of sp³-hybridized carbons (Fsp3) is 0.917. The molecule has 0 bridgehead atoms. The molecule has 0 aromatic carbocycles. The number of nitrogens with two attached hydrogens (primary N) is 1. The molecule has 0 radical (unpaired) electrons. The Morgan fingerprint density at radius 3 is 2.53 bits per heavy atom. The van der Waals surface area contributed by atoms with Crippen LogP contribution in [0.2, 0.25) is 0 Å². The standard InChI is InChI=1S/C12H22N2O2.ClH/c13-9-3-5-10(6-4-9)14-12(15)8-11-2-1-7-16-11;/h9-11H,1-8,13H2,(H,14,15);1H. The van der Waals surface area contributed by atoms with Gasteiger partial charge in [0.2, 0.25) is 5.91 Å². The molecule has 1 heterocycles. The lowest BCUT2D eigenvalue weighted by molar-refractivity contribution is -0.124. The molecule has 0 spiro atoms. The molecule has 1 saturated heterocycles. The molecule has 2 rings (SSSR count). The Balaban J connectivity index is 0.00000144. The molecule has 2 fully saturated rings. The number of carbonyl (C=O) groups excluding carboxylic acids is 1. The monoisotopic (exact) mass is 262 g/mol. The van der Waals surface area contributed by atoms with E-state index in [9.17, 15) is 4.79 Å². The van der Waals surface area contributed by atoms with E-state index in [1.807, 2.05) is 0 Å². The van der Waals surface area contributed by atoms with Crippen molar-refractivity contribution in [2.75, 3.05) is 6.61 Å². The molecular formula is C12H23ClN2O2. The highest BCUT2D eigenvalue weighted by molar-refractivity contribution is 5.85. The van der Waals surface area contributed by atoms with Crippen molar-refractivity contribution in [3.8, 4) is 0 Å². The van der Waals surface area contributed by atoms with Crippen LogP contribution in [-0.4, -0.2) is 30.7 Å². The van der Waals surface area contributed by atoms with Crippen molar-refractivity contribution in [1.29, 1.82) is 0 Å². The molecule has 1 amide bonds. The largest absolute Gasteiger partial charge is 0.378 e. The number of ether oxygens (including phenoxy) is 1. The normalized spacial score (nSPS) is 32.9. The molecule has 1 aliphatic heterocycles. The molecule has 100 valence electrons. The topological polar surface area (TPSA) is 64.3 Å². The maximum Gasteiger partial charge on any atom is 0.222 e. The molecule has 1 atom stereocenters. The van der Waals surface area contributed by atoms with E-state index in [4.69, 9.17) is 10.5 Å². The molecule has 0 aromatic heterocycles. The van der Waals surface area contributed by atoms with E-state index in [2.05, 4.69) is 5.32 Å². The van der Waals surface area contributed by atoms with Crippen molar-refractivity contribution in [3.05, 3.63) is 0 Å². The van der Waals surface area contributed by atoms with Gasteiger partial charge in [-0.25, -0.2) is 0 Å². The van der Waals surface area contributed by atoms with Gasteiger partial charge in [-0.3, -0.25) is 4.79 Å². The summed E-state index contributed by atoms with van der Waals surface area (Å²) >= 11 is 0. The number of rotatable bonds is 3. The van der Waals surface area contributed by atoms with Crippen LogP contribution in [0.25, 0.3) is 0 Å². The highest BCUT2D eigenvalue weighted by Crippen LogP contribution is 2.18. The second-order valence-corrected chi connectivity index (χ2v) is 5.02. The lowest BCUT2D eigenvalue weighted by atomic mass is 9.91. The third kappa shape index (κ3) is 4.82. The number of amides is 1. The third-order valence-corrected chi connectivity index (χ3v) is 3.57. The Hall–Kier alpha value is -0.320. The first-order valence-electron chi connectivity index (χ1n) is 6.40. The molecule has 3 N–H and O–H groups in total. The first-order chi connectivity index (χ1) is 7.74. The molecule has 0 aromatic rings. The SMILES string of the molecule is Cl.NC1CCC(NC(=O)CC2CCCO2)CC1. The van der Waals surface area contributed by atoms with Crippen molar-refractivity contribution < 1.29 is 9.53 Å². The maximum atomic E-state index is 11.7. The number of hydrogen-bond acceptors (Lipinski definition) is 3. The minimum atomic E-state index is 0. The van der Waals surface area contributed by atoms with Gasteiger partial charge >= 0.3 is 0 Å². The Morgan fingerprint density at radius 2 is 1.94 bits per heavy atom. The summed E-state index contributed by atoms with van der Waals surface area (Å²) in [5.41, 5.74) is 5.83. The minimum absolute atomic E-state index is 0. The lowest BCUT2D eigenvalue weighted by Gasteiger charge is -2.27. The number of hydrogen-bond donors (Lipinski definition) is 2. The molecule has 5 heteroatoms. The summed E-state index contributed by atoms with van der Waals surface area (Å²) in [6.07, 6.45) is 6.93.